The van der Waals surface area contributed by atoms with Crippen LogP contribution in [0.2, 0.25) is 0 Å². The first-order valence-electron chi connectivity index (χ1n) is 10.5. The molecule has 2 aliphatic rings. The average molecular weight is 392 g/mol. The lowest BCUT2D eigenvalue weighted by molar-refractivity contribution is -0.168. The maximum atomic E-state index is 13.3. The van der Waals surface area contributed by atoms with E-state index in [-0.39, 0.29) is 30.9 Å². The Bertz CT molecular complexity index is 660. The van der Waals surface area contributed by atoms with E-state index in [2.05, 4.69) is 12.2 Å². The highest BCUT2D eigenvalue weighted by Gasteiger charge is 2.39. The van der Waals surface area contributed by atoms with Crippen LogP contribution in [0.25, 0.3) is 0 Å². The standard InChI is InChI=1S/C21H33N3O4/c1-4-27-19(28-5-2)14-24-18(25)13-23-12-6-7-17(23)20(24)21(26)22-16-10-8-15(3)9-11-16/h6-7,12,15-16,19-20H,4-5,8-11,13-14H2,1-3H3,(H,22,26)/t15?,16?,20-/m0/s1. The summed E-state index contributed by atoms with van der Waals surface area (Å²) in [6, 6.07) is 3.33. The molecule has 0 saturated heterocycles. The molecule has 0 unspecified atom stereocenters. The second kappa shape index (κ2) is 9.56. The minimum Gasteiger partial charge on any atom is -0.351 e. The van der Waals surface area contributed by atoms with Crippen LogP contribution < -0.4 is 5.32 Å². The molecule has 0 radical (unpaired) electrons. The lowest BCUT2D eigenvalue weighted by Crippen LogP contribution is -2.53. The Morgan fingerprint density at radius 1 is 1.21 bits per heavy atom. The molecule has 0 bridgehead atoms. The summed E-state index contributed by atoms with van der Waals surface area (Å²) < 4.78 is 13.1. The zero-order valence-electron chi connectivity index (χ0n) is 17.2. The number of carbonyl (C=O) groups is 2. The number of ether oxygens (including phenoxy) is 2. The molecule has 2 heterocycles. The Balaban J connectivity index is 1.78. The SMILES string of the molecule is CCOC(CN1C(=O)Cn2cccc2[C@H]1C(=O)NC1CCC(C)CC1)OCC. The molecule has 3 rings (SSSR count). The summed E-state index contributed by atoms with van der Waals surface area (Å²) in [5, 5.41) is 3.20. The second-order valence-electron chi connectivity index (χ2n) is 7.82. The van der Waals surface area contributed by atoms with Crippen molar-refractivity contribution in [1.82, 2.24) is 14.8 Å². The summed E-state index contributed by atoms with van der Waals surface area (Å²) in [6.45, 7) is 7.49. The van der Waals surface area contributed by atoms with E-state index in [1.807, 2.05) is 36.7 Å². The van der Waals surface area contributed by atoms with Crippen molar-refractivity contribution in [2.24, 2.45) is 5.92 Å². The largest absolute Gasteiger partial charge is 0.351 e. The van der Waals surface area contributed by atoms with Crippen LogP contribution in [0.1, 0.15) is 58.2 Å². The molecule has 0 spiro atoms. The van der Waals surface area contributed by atoms with Crippen molar-refractivity contribution in [3.8, 4) is 0 Å². The van der Waals surface area contributed by atoms with Gasteiger partial charge in [-0.25, -0.2) is 0 Å². The Morgan fingerprint density at radius 3 is 2.54 bits per heavy atom. The molecule has 156 valence electrons. The number of nitrogens with one attached hydrogen (secondary N) is 1. The van der Waals surface area contributed by atoms with Crippen molar-refractivity contribution >= 4 is 11.8 Å². The molecular formula is C21H33N3O4. The molecule has 7 heteroatoms. The molecule has 1 fully saturated rings. The summed E-state index contributed by atoms with van der Waals surface area (Å²) in [5.74, 6) is 0.515. The van der Waals surface area contributed by atoms with E-state index >= 15 is 0 Å². The van der Waals surface area contributed by atoms with Gasteiger partial charge in [-0.15, -0.1) is 0 Å². The van der Waals surface area contributed by atoms with Crippen molar-refractivity contribution in [2.45, 2.75) is 71.4 Å². The maximum absolute atomic E-state index is 13.3. The van der Waals surface area contributed by atoms with Crippen LogP contribution in [0.4, 0.5) is 0 Å². The minimum atomic E-state index is -0.654. The van der Waals surface area contributed by atoms with Gasteiger partial charge in [0.2, 0.25) is 11.8 Å². The van der Waals surface area contributed by atoms with Gasteiger partial charge < -0.3 is 24.3 Å². The van der Waals surface area contributed by atoms with Gasteiger partial charge in [-0.3, -0.25) is 9.59 Å². The van der Waals surface area contributed by atoms with Crippen LogP contribution in [0.3, 0.4) is 0 Å². The zero-order valence-corrected chi connectivity index (χ0v) is 17.2. The van der Waals surface area contributed by atoms with Gasteiger partial charge in [0, 0.05) is 25.5 Å². The van der Waals surface area contributed by atoms with E-state index < -0.39 is 12.3 Å². The number of fused-ring (bicyclic) bond motifs is 1. The molecule has 1 aliphatic carbocycles. The number of hydrogen-bond acceptors (Lipinski definition) is 4. The molecule has 1 saturated carbocycles. The van der Waals surface area contributed by atoms with Gasteiger partial charge in [0.15, 0.2) is 12.3 Å². The number of nitrogens with zero attached hydrogens (tertiary/aromatic N) is 2. The van der Waals surface area contributed by atoms with E-state index in [0.29, 0.717) is 13.2 Å². The van der Waals surface area contributed by atoms with E-state index in [0.717, 1.165) is 37.3 Å². The van der Waals surface area contributed by atoms with E-state index in [1.54, 1.807) is 4.90 Å². The fourth-order valence-electron chi connectivity index (χ4n) is 4.21. The first-order chi connectivity index (χ1) is 13.5. The third-order valence-corrected chi connectivity index (χ3v) is 5.74. The van der Waals surface area contributed by atoms with Crippen molar-refractivity contribution in [2.75, 3.05) is 19.8 Å². The normalized spacial score (nSPS) is 25.1. The summed E-state index contributed by atoms with van der Waals surface area (Å²) >= 11 is 0. The molecule has 1 aromatic heterocycles. The lowest BCUT2D eigenvalue weighted by atomic mass is 9.87. The van der Waals surface area contributed by atoms with Gasteiger partial charge in [-0.05, 0) is 57.6 Å². The van der Waals surface area contributed by atoms with Crippen LogP contribution in [0.5, 0.6) is 0 Å². The van der Waals surface area contributed by atoms with Crippen LogP contribution in [0, 0.1) is 5.92 Å². The lowest BCUT2D eigenvalue weighted by Gasteiger charge is -2.38. The molecule has 0 aromatic carbocycles. The smallest absolute Gasteiger partial charge is 0.249 e. The summed E-state index contributed by atoms with van der Waals surface area (Å²) in [5.41, 5.74) is 0.841. The topological polar surface area (TPSA) is 72.8 Å². The van der Waals surface area contributed by atoms with Gasteiger partial charge in [-0.1, -0.05) is 6.92 Å². The quantitative estimate of drug-likeness (QED) is 0.691. The number of hydrogen-bond donors (Lipinski definition) is 1. The van der Waals surface area contributed by atoms with Crippen molar-refractivity contribution in [1.29, 1.82) is 0 Å². The molecule has 7 nitrogen and oxygen atoms in total. The number of carbonyl (C=O) groups excluding carboxylic acids is 2. The highest BCUT2D eigenvalue weighted by molar-refractivity contribution is 5.90. The molecule has 2 amide bonds. The second-order valence-corrected chi connectivity index (χ2v) is 7.82. The van der Waals surface area contributed by atoms with Gasteiger partial charge in [0.25, 0.3) is 0 Å². The summed E-state index contributed by atoms with van der Waals surface area (Å²) in [6.07, 6.45) is 5.57. The number of aromatic nitrogens is 1. The summed E-state index contributed by atoms with van der Waals surface area (Å²) in [4.78, 5) is 27.7. The van der Waals surface area contributed by atoms with Crippen LogP contribution >= 0.6 is 0 Å². The maximum Gasteiger partial charge on any atom is 0.249 e. The highest BCUT2D eigenvalue weighted by atomic mass is 16.7. The van der Waals surface area contributed by atoms with Crippen molar-refractivity contribution in [3.05, 3.63) is 24.0 Å². The first-order valence-corrected chi connectivity index (χ1v) is 10.5. The predicted molar refractivity (Wildman–Crippen MR) is 105 cm³/mol. The molecule has 1 N–H and O–H groups in total. The Hall–Kier alpha value is -1.86. The predicted octanol–water partition coefficient (Wildman–Crippen LogP) is 2.47. The van der Waals surface area contributed by atoms with Gasteiger partial charge >= 0.3 is 0 Å². The third-order valence-electron chi connectivity index (χ3n) is 5.74. The third kappa shape index (κ3) is 4.75. The van der Waals surface area contributed by atoms with Crippen molar-refractivity contribution in [3.63, 3.8) is 0 Å². The monoisotopic (exact) mass is 391 g/mol. The number of rotatable bonds is 8. The molecular weight excluding hydrogens is 358 g/mol. The minimum absolute atomic E-state index is 0.0921. The molecule has 28 heavy (non-hydrogen) atoms. The fraction of sp³-hybridized carbons (Fsp3) is 0.714. The van der Waals surface area contributed by atoms with Crippen LogP contribution in [0.15, 0.2) is 18.3 Å². The molecule has 1 aromatic rings. The number of amides is 2. The Labute approximate surface area is 167 Å². The summed E-state index contributed by atoms with van der Waals surface area (Å²) in [7, 11) is 0. The highest BCUT2D eigenvalue weighted by Crippen LogP contribution is 2.29. The Kier molecular flexibility index (Phi) is 7.13. The molecule has 1 aliphatic heterocycles. The molecule has 1 atom stereocenters. The van der Waals surface area contributed by atoms with E-state index in [1.165, 1.54) is 0 Å². The fourth-order valence-corrected chi connectivity index (χ4v) is 4.21. The van der Waals surface area contributed by atoms with E-state index in [4.69, 9.17) is 9.47 Å². The van der Waals surface area contributed by atoms with Crippen LogP contribution in [-0.4, -0.2) is 53.4 Å². The van der Waals surface area contributed by atoms with Crippen LogP contribution in [-0.2, 0) is 25.6 Å². The van der Waals surface area contributed by atoms with Crippen molar-refractivity contribution < 1.29 is 19.1 Å². The van der Waals surface area contributed by atoms with Gasteiger partial charge in [-0.2, -0.15) is 0 Å². The van der Waals surface area contributed by atoms with Gasteiger partial charge in [0.1, 0.15) is 6.54 Å². The average Bonchev–Trinajstić information content (AvgIpc) is 3.12. The van der Waals surface area contributed by atoms with E-state index in [9.17, 15) is 9.59 Å². The Morgan fingerprint density at radius 2 is 1.89 bits per heavy atom. The zero-order chi connectivity index (χ0) is 20.1. The first kappa shape index (κ1) is 20.9. The van der Waals surface area contributed by atoms with Gasteiger partial charge in [0.05, 0.1) is 12.2 Å².